The fourth-order valence-corrected chi connectivity index (χ4v) is 3.52. The second-order valence-electron chi connectivity index (χ2n) is 6.88. The van der Waals surface area contributed by atoms with Crippen molar-refractivity contribution in [3.8, 4) is 0 Å². The molecule has 1 saturated heterocycles. The van der Waals surface area contributed by atoms with Crippen LogP contribution in [0, 0.1) is 5.92 Å². The van der Waals surface area contributed by atoms with E-state index in [1.165, 1.54) is 11.5 Å². The topological polar surface area (TPSA) is 65.9 Å². The third-order valence-electron chi connectivity index (χ3n) is 4.12. The zero-order valence-electron chi connectivity index (χ0n) is 16.7. The maximum Gasteiger partial charge on any atom is 0.205 e. The van der Waals surface area contributed by atoms with Crippen molar-refractivity contribution in [3.63, 3.8) is 0 Å². The van der Waals surface area contributed by atoms with E-state index in [4.69, 9.17) is 9.73 Å². The van der Waals surface area contributed by atoms with Crippen molar-refractivity contribution in [1.29, 1.82) is 0 Å². The van der Waals surface area contributed by atoms with Crippen molar-refractivity contribution in [2.45, 2.75) is 40.5 Å². The molecule has 1 aliphatic heterocycles. The molecule has 26 heavy (non-hydrogen) atoms. The van der Waals surface area contributed by atoms with Gasteiger partial charge in [0, 0.05) is 70.4 Å². The van der Waals surface area contributed by atoms with Crippen molar-refractivity contribution >= 4 is 22.6 Å². The molecular weight excluding hydrogens is 348 g/mol. The highest BCUT2D eigenvalue weighted by molar-refractivity contribution is 7.09. The first-order valence-electron chi connectivity index (χ1n) is 9.82. The summed E-state index contributed by atoms with van der Waals surface area (Å²) in [5.74, 6) is 2.55. The maximum atomic E-state index is 5.63. The summed E-state index contributed by atoms with van der Waals surface area (Å²) < 4.78 is 10.0. The van der Waals surface area contributed by atoms with Gasteiger partial charge in [0.15, 0.2) is 5.96 Å². The van der Waals surface area contributed by atoms with E-state index in [1.54, 1.807) is 0 Å². The number of aryl methyl sites for hydroxylation is 1. The van der Waals surface area contributed by atoms with Crippen LogP contribution in [-0.4, -0.2) is 72.7 Å². The summed E-state index contributed by atoms with van der Waals surface area (Å²) in [6.45, 7) is 15.7. The number of nitrogens with zero attached hydrogens (tertiary/aromatic N) is 5. The van der Waals surface area contributed by atoms with Crippen LogP contribution in [0.1, 0.15) is 39.9 Å². The fourth-order valence-electron chi connectivity index (χ4n) is 2.72. The molecule has 148 valence electrons. The van der Waals surface area contributed by atoms with Gasteiger partial charge in [-0.3, -0.25) is 4.99 Å². The molecule has 1 fully saturated rings. The van der Waals surface area contributed by atoms with Crippen LogP contribution in [0.15, 0.2) is 4.99 Å². The van der Waals surface area contributed by atoms with Crippen LogP contribution in [0.5, 0.6) is 0 Å². The van der Waals surface area contributed by atoms with Crippen molar-refractivity contribution in [2.24, 2.45) is 10.9 Å². The fraction of sp³-hybridized carbons (Fsp3) is 0.833. The molecule has 0 saturated carbocycles. The number of nitrogens with one attached hydrogen (secondary N) is 1. The molecule has 0 unspecified atom stereocenters. The molecule has 1 N–H and O–H groups in total. The summed E-state index contributed by atoms with van der Waals surface area (Å²) in [4.78, 5) is 14.1. The molecule has 0 aliphatic carbocycles. The van der Waals surface area contributed by atoms with Gasteiger partial charge in [-0.1, -0.05) is 20.8 Å². The third-order valence-corrected chi connectivity index (χ3v) is 4.93. The van der Waals surface area contributed by atoms with Gasteiger partial charge in [-0.2, -0.15) is 4.37 Å². The second-order valence-corrected chi connectivity index (χ2v) is 7.61. The van der Waals surface area contributed by atoms with E-state index in [2.05, 4.69) is 52.2 Å². The van der Waals surface area contributed by atoms with Crippen LogP contribution in [0.3, 0.4) is 0 Å². The Balaban J connectivity index is 1.78. The molecule has 2 heterocycles. The molecule has 1 aromatic heterocycles. The minimum absolute atomic E-state index is 0.591. The van der Waals surface area contributed by atoms with Gasteiger partial charge in [-0.05, 0) is 19.3 Å². The van der Waals surface area contributed by atoms with Gasteiger partial charge in [-0.25, -0.2) is 4.98 Å². The van der Waals surface area contributed by atoms with Crippen molar-refractivity contribution in [1.82, 2.24) is 19.6 Å². The predicted octanol–water partition coefficient (Wildman–Crippen LogP) is 2.25. The number of rotatable bonds is 9. The molecular formula is C18H34N6OS. The first-order valence-corrected chi connectivity index (χ1v) is 10.6. The van der Waals surface area contributed by atoms with Gasteiger partial charge >= 0.3 is 0 Å². The lowest BCUT2D eigenvalue weighted by molar-refractivity contribution is 0.109. The van der Waals surface area contributed by atoms with Gasteiger partial charge < -0.3 is 19.9 Å². The summed E-state index contributed by atoms with van der Waals surface area (Å²) in [6.07, 6.45) is 1.86. The van der Waals surface area contributed by atoms with E-state index < -0.39 is 0 Å². The highest BCUT2D eigenvalue weighted by Gasteiger charge is 2.21. The summed E-state index contributed by atoms with van der Waals surface area (Å²) in [7, 11) is 0. The number of hydrogen-bond acceptors (Lipinski definition) is 6. The Morgan fingerprint density at radius 1 is 1.27 bits per heavy atom. The van der Waals surface area contributed by atoms with Gasteiger partial charge in [0.2, 0.25) is 5.13 Å². The molecule has 0 bridgehead atoms. The van der Waals surface area contributed by atoms with Crippen LogP contribution in [0.25, 0.3) is 0 Å². The highest BCUT2D eigenvalue weighted by atomic mass is 32.1. The Morgan fingerprint density at radius 2 is 2.04 bits per heavy atom. The van der Waals surface area contributed by atoms with E-state index in [9.17, 15) is 0 Å². The zero-order valence-corrected chi connectivity index (χ0v) is 17.5. The normalized spacial score (nSPS) is 15.8. The number of aliphatic imine (C=N–C) groups is 1. The Labute approximate surface area is 162 Å². The second kappa shape index (κ2) is 11.3. The van der Waals surface area contributed by atoms with Gasteiger partial charge in [-0.15, -0.1) is 0 Å². The quantitative estimate of drug-likeness (QED) is 0.401. The molecule has 0 atom stereocenters. The lowest BCUT2D eigenvalue weighted by Crippen LogP contribution is -2.52. The summed E-state index contributed by atoms with van der Waals surface area (Å²) >= 11 is 1.51. The average molecular weight is 383 g/mol. The van der Waals surface area contributed by atoms with E-state index >= 15 is 0 Å². The SMILES string of the molecule is CCNC(=NCCCOCC(C)C)N1CCN(c2nc(CC)ns2)CC1. The first kappa shape index (κ1) is 20.9. The third kappa shape index (κ3) is 6.72. The molecule has 1 aromatic rings. The molecule has 0 radical (unpaired) electrons. The largest absolute Gasteiger partial charge is 0.381 e. The smallest absolute Gasteiger partial charge is 0.205 e. The molecule has 7 nitrogen and oxygen atoms in total. The molecule has 0 aromatic carbocycles. The van der Waals surface area contributed by atoms with Gasteiger partial charge in [0.05, 0.1) is 0 Å². The van der Waals surface area contributed by atoms with E-state index in [0.717, 1.165) is 82.2 Å². The molecule has 0 spiro atoms. The summed E-state index contributed by atoms with van der Waals surface area (Å²) in [5.41, 5.74) is 0. The number of piperazine rings is 1. The van der Waals surface area contributed by atoms with Crippen LogP contribution < -0.4 is 10.2 Å². The van der Waals surface area contributed by atoms with Crippen molar-refractivity contribution in [2.75, 3.05) is 57.4 Å². The monoisotopic (exact) mass is 382 g/mol. The molecule has 8 heteroatoms. The number of anilines is 1. The number of guanidine groups is 1. The molecule has 1 aliphatic rings. The van der Waals surface area contributed by atoms with Crippen LogP contribution in [-0.2, 0) is 11.2 Å². The highest BCUT2D eigenvalue weighted by Crippen LogP contribution is 2.19. The molecule has 0 amide bonds. The Kier molecular flexibility index (Phi) is 9.11. The lowest BCUT2D eigenvalue weighted by Gasteiger charge is -2.36. The van der Waals surface area contributed by atoms with E-state index in [-0.39, 0.29) is 0 Å². The van der Waals surface area contributed by atoms with Gasteiger partial charge in [0.25, 0.3) is 0 Å². The average Bonchev–Trinajstić information content (AvgIpc) is 3.13. The molecule has 2 rings (SSSR count). The minimum Gasteiger partial charge on any atom is -0.381 e. The summed E-state index contributed by atoms with van der Waals surface area (Å²) in [5, 5.41) is 4.47. The van der Waals surface area contributed by atoms with Crippen LogP contribution in [0.4, 0.5) is 5.13 Å². The summed E-state index contributed by atoms with van der Waals surface area (Å²) in [6, 6.07) is 0. The van der Waals surface area contributed by atoms with E-state index in [1.807, 2.05) is 0 Å². The Hall–Kier alpha value is -1.41. The number of ether oxygens (including phenoxy) is 1. The lowest BCUT2D eigenvalue weighted by atomic mass is 10.2. The first-order chi connectivity index (χ1) is 12.6. The van der Waals surface area contributed by atoms with Crippen LogP contribution in [0.2, 0.25) is 0 Å². The minimum atomic E-state index is 0.591. The predicted molar refractivity (Wildman–Crippen MR) is 109 cm³/mol. The van der Waals surface area contributed by atoms with Crippen molar-refractivity contribution in [3.05, 3.63) is 5.82 Å². The maximum absolute atomic E-state index is 5.63. The number of aromatic nitrogens is 2. The zero-order chi connectivity index (χ0) is 18.8. The van der Waals surface area contributed by atoms with Crippen molar-refractivity contribution < 1.29 is 4.74 Å². The van der Waals surface area contributed by atoms with Gasteiger partial charge in [0.1, 0.15) is 5.82 Å². The Morgan fingerprint density at radius 3 is 2.65 bits per heavy atom. The Bertz CT molecular complexity index is 540. The number of hydrogen-bond donors (Lipinski definition) is 1. The van der Waals surface area contributed by atoms with E-state index in [0.29, 0.717) is 5.92 Å². The van der Waals surface area contributed by atoms with Crippen LogP contribution >= 0.6 is 11.5 Å². The standard InChI is InChI=1S/C18H34N6OS/c1-5-16-21-18(26-22-16)24-11-9-23(10-12-24)17(19-6-2)20-8-7-13-25-14-15(3)4/h15H,5-14H2,1-4H3,(H,19,20).